The minimum atomic E-state index is -3.67. The van der Waals surface area contributed by atoms with Gasteiger partial charge in [0.25, 0.3) is 0 Å². The maximum absolute atomic E-state index is 11.9. The summed E-state index contributed by atoms with van der Waals surface area (Å²) in [6.07, 6.45) is -0.755. The van der Waals surface area contributed by atoms with Gasteiger partial charge in [-0.3, -0.25) is 0 Å². The van der Waals surface area contributed by atoms with Gasteiger partial charge in [0.2, 0.25) is 10.0 Å². The summed E-state index contributed by atoms with van der Waals surface area (Å²) in [6, 6.07) is 2.80. The van der Waals surface area contributed by atoms with Gasteiger partial charge in [-0.2, -0.15) is 0 Å². The van der Waals surface area contributed by atoms with Gasteiger partial charge >= 0.3 is 0 Å². The standard InChI is InChI=1S/C10H15ClN2O3S/c1-6-3-8(11)9(12)4-10(6)17(15,16)13-5-7(2)14/h3-4,7,13-14H,5,12H2,1-2H3/t7-/m1/s1. The van der Waals surface area contributed by atoms with Crippen molar-refractivity contribution in [3.8, 4) is 0 Å². The van der Waals surface area contributed by atoms with Gasteiger partial charge in [-0.15, -0.1) is 0 Å². The molecule has 0 aliphatic rings. The topological polar surface area (TPSA) is 92.4 Å². The van der Waals surface area contributed by atoms with Gasteiger partial charge in [0.15, 0.2) is 0 Å². The molecular formula is C10H15ClN2O3S. The molecule has 0 aliphatic heterocycles. The Labute approximate surface area is 106 Å². The lowest BCUT2D eigenvalue weighted by Gasteiger charge is -2.11. The SMILES string of the molecule is Cc1cc(Cl)c(N)cc1S(=O)(=O)NC[C@@H](C)O. The summed E-state index contributed by atoms with van der Waals surface area (Å²) in [7, 11) is -3.67. The summed E-state index contributed by atoms with van der Waals surface area (Å²) in [5, 5.41) is 9.37. The molecule has 7 heteroatoms. The van der Waals surface area contributed by atoms with E-state index in [1.165, 1.54) is 19.1 Å². The highest BCUT2D eigenvalue weighted by Gasteiger charge is 2.18. The van der Waals surface area contributed by atoms with Crippen molar-refractivity contribution in [3.63, 3.8) is 0 Å². The quantitative estimate of drug-likeness (QED) is 0.713. The van der Waals surface area contributed by atoms with Crippen LogP contribution in [0, 0.1) is 6.92 Å². The zero-order valence-electron chi connectivity index (χ0n) is 9.57. The Morgan fingerprint density at radius 2 is 2.12 bits per heavy atom. The second kappa shape index (κ2) is 5.22. The lowest BCUT2D eigenvalue weighted by atomic mass is 10.2. The fourth-order valence-corrected chi connectivity index (χ4v) is 2.87. The molecule has 0 saturated carbocycles. The molecule has 5 nitrogen and oxygen atoms in total. The number of rotatable bonds is 4. The summed E-state index contributed by atoms with van der Waals surface area (Å²) >= 11 is 5.78. The molecule has 1 atom stereocenters. The monoisotopic (exact) mass is 278 g/mol. The Morgan fingerprint density at radius 1 is 1.53 bits per heavy atom. The van der Waals surface area contributed by atoms with Crippen LogP contribution < -0.4 is 10.5 Å². The summed E-state index contributed by atoms with van der Waals surface area (Å²) in [6.45, 7) is 3.07. The number of benzene rings is 1. The number of aliphatic hydroxyl groups is 1. The molecular weight excluding hydrogens is 264 g/mol. The van der Waals surface area contributed by atoms with E-state index in [9.17, 15) is 8.42 Å². The molecule has 1 rings (SSSR count). The first-order valence-electron chi connectivity index (χ1n) is 4.97. The van der Waals surface area contributed by atoms with Crippen molar-refractivity contribution >= 4 is 27.3 Å². The van der Waals surface area contributed by atoms with E-state index in [0.29, 0.717) is 10.6 Å². The lowest BCUT2D eigenvalue weighted by Crippen LogP contribution is -2.31. The summed E-state index contributed by atoms with van der Waals surface area (Å²) in [4.78, 5) is 0.0695. The van der Waals surface area contributed by atoms with Crippen LogP contribution in [0.25, 0.3) is 0 Å². The first kappa shape index (κ1) is 14.2. The number of halogens is 1. The number of nitrogens with one attached hydrogen (secondary N) is 1. The predicted molar refractivity (Wildman–Crippen MR) is 67.5 cm³/mol. The van der Waals surface area contributed by atoms with Crippen LogP contribution in [-0.2, 0) is 10.0 Å². The summed E-state index contributed by atoms with van der Waals surface area (Å²) in [5.41, 5.74) is 6.27. The molecule has 0 aromatic heterocycles. The number of nitrogen functional groups attached to an aromatic ring is 1. The minimum Gasteiger partial charge on any atom is -0.397 e. The zero-order valence-corrected chi connectivity index (χ0v) is 11.1. The molecule has 1 aromatic carbocycles. The second-order valence-corrected chi connectivity index (χ2v) is 5.98. The Hall–Kier alpha value is -0.820. The molecule has 0 heterocycles. The van der Waals surface area contributed by atoms with Crippen molar-refractivity contribution in [3.05, 3.63) is 22.7 Å². The number of nitrogens with two attached hydrogens (primary N) is 1. The van der Waals surface area contributed by atoms with E-state index in [-0.39, 0.29) is 17.1 Å². The van der Waals surface area contributed by atoms with Crippen LogP contribution >= 0.6 is 11.6 Å². The maximum atomic E-state index is 11.9. The van der Waals surface area contributed by atoms with E-state index in [0.717, 1.165) is 0 Å². The lowest BCUT2D eigenvalue weighted by molar-refractivity contribution is 0.198. The van der Waals surface area contributed by atoms with Crippen LogP contribution in [0.3, 0.4) is 0 Å². The molecule has 0 fully saturated rings. The van der Waals surface area contributed by atoms with Crippen molar-refractivity contribution in [2.24, 2.45) is 0 Å². The van der Waals surface area contributed by atoms with Crippen LogP contribution in [0.4, 0.5) is 5.69 Å². The Morgan fingerprint density at radius 3 is 2.65 bits per heavy atom. The predicted octanol–water partition coefficient (Wildman–Crippen LogP) is 0.890. The van der Waals surface area contributed by atoms with Crippen molar-refractivity contribution in [1.29, 1.82) is 0 Å². The zero-order chi connectivity index (χ0) is 13.2. The normalized spacial score (nSPS) is 13.6. The Kier molecular flexibility index (Phi) is 4.37. The first-order chi connectivity index (χ1) is 7.74. The van der Waals surface area contributed by atoms with Gasteiger partial charge in [0, 0.05) is 6.54 Å². The molecule has 17 heavy (non-hydrogen) atoms. The smallest absolute Gasteiger partial charge is 0.240 e. The van der Waals surface area contributed by atoms with E-state index >= 15 is 0 Å². The highest BCUT2D eigenvalue weighted by Crippen LogP contribution is 2.25. The fourth-order valence-electron chi connectivity index (χ4n) is 1.27. The minimum absolute atomic E-state index is 0.0513. The summed E-state index contributed by atoms with van der Waals surface area (Å²) < 4.78 is 26.1. The number of hydrogen-bond acceptors (Lipinski definition) is 4. The van der Waals surface area contributed by atoms with Crippen LogP contribution in [0.15, 0.2) is 17.0 Å². The van der Waals surface area contributed by atoms with Crippen molar-refractivity contribution in [2.45, 2.75) is 24.8 Å². The molecule has 0 spiro atoms. The summed E-state index contributed by atoms with van der Waals surface area (Å²) in [5.74, 6) is 0. The molecule has 0 bridgehead atoms. The number of aliphatic hydroxyl groups excluding tert-OH is 1. The molecule has 0 radical (unpaired) electrons. The van der Waals surface area contributed by atoms with Crippen molar-refractivity contribution in [1.82, 2.24) is 4.72 Å². The third-order valence-corrected chi connectivity index (χ3v) is 4.05. The van der Waals surface area contributed by atoms with E-state index in [1.54, 1.807) is 6.92 Å². The Bertz CT molecular complexity index is 515. The third kappa shape index (κ3) is 3.57. The van der Waals surface area contributed by atoms with Gasteiger partial charge in [-0.1, -0.05) is 11.6 Å². The molecule has 0 aliphatic carbocycles. The van der Waals surface area contributed by atoms with Gasteiger partial charge in [0.1, 0.15) is 0 Å². The number of aryl methyl sites for hydroxylation is 1. The Balaban J connectivity index is 3.11. The average Bonchev–Trinajstić information content (AvgIpc) is 2.20. The van der Waals surface area contributed by atoms with Gasteiger partial charge in [-0.05, 0) is 31.5 Å². The molecule has 0 unspecified atom stereocenters. The van der Waals surface area contributed by atoms with Crippen LogP contribution in [0.2, 0.25) is 5.02 Å². The molecule has 0 saturated heterocycles. The molecule has 1 aromatic rings. The first-order valence-corrected chi connectivity index (χ1v) is 6.83. The van der Waals surface area contributed by atoms with E-state index in [1.807, 2.05) is 0 Å². The van der Waals surface area contributed by atoms with E-state index in [4.69, 9.17) is 22.4 Å². The van der Waals surface area contributed by atoms with Gasteiger partial charge in [-0.25, -0.2) is 13.1 Å². The van der Waals surface area contributed by atoms with Crippen molar-refractivity contribution in [2.75, 3.05) is 12.3 Å². The maximum Gasteiger partial charge on any atom is 0.240 e. The highest BCUT2D eigenvalue weighted by molar-refractivity contribution is 7.89. The fraction of sp³-hybridized carbons (Fsp3) is 0.400. The highest BCUT2D eigenvalue weighted by atomic mass is 35.5. The second-order valence-electron chi connectivity index (χ2n) is 3.84. The molecule has 0 amide bonds. The molecule has 96 valence electrons. The van der Waals surface area contributed by atoms with Crippen LogP contribution in [0.1, 0.15) is 12.5 Å². The number of anilines is 1. The molecule has 4 N–H and O–H groups in total. The van der Waals surface area contributed by atoms with Gasteiger partial charge < -0.3 is 10.8 Å². The van der Waals surface area contributed by atoms with Gasteiger partial charge in [0.05, 0.1) is 21.7 Å². The van der Waals surface area contributed by atoms with Crippen molar-refractivity contribution < 1.29 is 13.5 Å². The largest absolute Gasteiger partial charge is 0.397 e. The third-order valence-electron chi connectivity index (χ3n) is 2.15. The van der Waals surface area contributed by atoms with Crippen LogP contribution in [-0.4, -0.2) is 26.2 Å². The number of sulfonamides is 1. The van der Waals surface area contributed by atoms with E-state index in [2.05, 4.69) is 4.72 Å². The van der Waals surface area contributed by atoms with E-state index < -0.39 is 16.1 Å². The van der Waals surface area contributed by atoms with Crippen LogP contribution in [0.5, 0.6) is 0 Å². The average molecular weight is 279 g/mol. The number of hydrogen-bond donors (Lipinski definition) is 3.